The van der Waals surface area contributed by atoms with Gasteiger partial charge in [0, 0.05) is 24.5 Å². The summed E-state index contributed by atoms with van der Waals surface area (Å²) in [6.07, 6.45) is 3.43. The zero-order chi connectivity index (χ0) is 19.1. The second-order valence-corrected chi connectivity index (χ2v) is 7.59. The molecule has 0 aliphatic heterocycles. The number of rotatable bonds is 6. The largest absolute Gasteiger partial charge is 0.375 e. The molecule has 144 valence electrons. The molecule has 1 aliphatic rings. The summed E-state index contributed by atoms with van der Waals surface area (Å²) in [6, 6.07) is 7.08. The van der Waals surface area contributed by atoms with Gasteiger partial charge in [0.15, 0.2) is 0 Å². The Bertz CT molecular complexity index is 601. The van der Waals surface area contributed by atoms with Gasteiger partial charge < -0.3 is 20.7 Å². The SMILES string of the molecule is COCC(=O)Nc1ccc(NC(=O)N[C@@H]2C[C@H](C)CC[C@H]2C(C)C)cc1. The molecule has 2 rings (SSSR count). The molecule has 1 aromatic carbocycles. The van der Waals surface area contributed by atoms with Gasteiger partial charge in [-0.3, -0.25) is 4.79 Å². The Hall–Kier alpha value is -2.08. The number of hydrogen-bond donors (Lipinski definition) is 3. The molecule has 1 fully saturated rings. The van der Waals surface area contributed by atoms with E-state index in [1.165, 1.54) is 20.0 Å². The van der Waals surface area contributed by atoms with Gasteiger partial charge in [-0.1, -0.05) is 27.2 Å². The van der Waals surface area contributed by atoms with E-state index >= 15 is 0 Å². The van der Waals surface area contributed by atoms with E-state index in [1.807, 2.05) is 0 Å². The van der Waals surface area contributed by atoms with Gasteiger partial charge in [-0.05, 0) is 54.9 Å². The van der Waals surface area contributed by atoms with Gasteiger partial charge in [-0.2, -0.15) is 0 Å². The second kappa shape index (κ2) is 9.57. The summed E-state index contributed by atoms with van der Waals surface area (Å²) in [7, 11) is 1.47. The van der Waals surface area contributed by atoms with Crippen molar-refractivity contribution in [3.8, 4) is 0 Å². The summed E-state index contributed by atoms with van der Waals surface area (Å²) in [4.78, 5) is 23.9. The van der Waals surface area contributed by atoms with E-state index in [-0.39, 0.29) is 24.6 Å². The lowest BCUT2D eigenvalue weighted by Crippen LogP contribution is -2.47. The van der Waals surface area contributed by atoms with Crippen LogP contribution in [-0.4, -0.2) is 31.7 Å². The molecule has 3 atom stereocenters. The Morgan fingerprint density at radius 2 is 1.73 bits per heavy atom. The van der Waals surface area contributed by atoms with Crippen LogP contribution < -0.4 is 16.0 Å². The Labute approximate surface area is 156 Å². The monoisotopic (exact) mass is 361 g/mol. The molecule has 1 saturated carbocycles. The van der Waals surface area contributed by atoms with Crippen molar-refractivity contribution in [2.45, 2.75) is 46.1 Å². The van der Waals surface area contributed by atoms with Crippen molar-refractivity contribution in [1.29, 1.82) is 0 Å². The minimum Gasteiger partial charge on any atom is -0.375 e. The highest BCUT2D eigenvalue weighted by molar-refractivity contribution is 5.93. The molecule has 0 heterocycles. The number of nitrogens with one attached hydrogen (secondary N) is 3. The number of methoxy groups -OCH3 is 1. The number of carbonyl (C=O) groups excluding carboxylic acids is 2. The van der Waals surface area contributed by atoms with E-state index in [9.17, 15) is 9.59 Å². The topological polar surface area (TPSA) is 79.5 Å². The fraction of sp³-hybridized carbons (Fsp3) is 0.600. The first-order chi connectivity index (χ1) is 12.4. The second-order valence-electron chi connectivity index (χ2n) is 7.59. The first kappa shape index (κ1) is 20.2. The summed E-state index contributed by atoms with van der Waals surface area (Å²) in [5.41, 5.74) is 1.36. The number of ether oxygens (including phenoxy) is 1. The van der Waals surface area contributed by atoms with Crippen molar-refractivity contribution in [3.05, 3.63) is 24.3 Å². The van der Waals surface area contributed by atoms with Crippen LogP contribution in [0.25, 0.3) is 0 Å². The quantitative estimate of drug-likeness (QED) is 0.720. The van der Waals surface area contributed by atoms with Crippen LogP contribution >= 0.6 is 0 Å². The average molecular weight is 361 g/mol. The zero-order valence-corrected chi connectivity index (χ0v) is 16.2. The number of anilines is 2. The molecule has 0 saturated heterocycles. The lowest BCUT2D eigenvalue weighted by Gasteiger charge is -2.37. The third-order valence-corrected chi connectivity index (χ3v) is 5.04. The fourth-order valence-electron chi connectivity index (χ4n) is 3.67. The van der Waals surface area contributed by atoms with Gasteiger partial charge in [-0.15, -0.1) is 0 Å². The molecule has 1 aliphatic carbocycles. The lowest BCUT2D eigenvalue weighted by molar-refractivity contribution is -0.119. The Morgan fingerprint density at radius 3 is 2.31 bits per heavy atom. The molecule has 0 unspecified atom stereocenters. The predicted molar refractivity (Wildman–Crippen MR) is 104 cm³/mol. The Balaban J connectivity index is 1.89. The first-order valence-electron chi connectivity index (χ1n) is 9.35. The lowest BCUT2D eigenvalue weighted by atomic mass is 9.74. The number of hydrogen-bond acceptors (Lipinski definition) is 3. The molecule has 6 heteroatoms. The van der Waals surface area contributed by atoms with E-state index in [0.717, 1.165) is 6.42 Å². The summed E-state index contributed by atoms with van der Waals surface area (Å²) in [5, 5.41) is 8.76. The van der Waals surface area contributed by atoms with Crippen LogP contribution in [0, 0.1) is 17.8 Å². The van der Waals surface area contributed by atoms with Gasteiger partial charge >= 0.3 is 6.03 Å². The summed E-state index contributed by atoms with van der Waals surface area (Å²) in [5.74, 6) is 1.51. The minimum absolute atomic E-state index is 0.0131. The first-order valence-corrected chi connectivity index (χ1v) is 9.35. The maximum absolute atomic E-state index is 12.4. The molecular weight excluding hydrogens is 330 g/mol. The standard InChI is InChI=1S/C20H31N3O3/c1-13(2)17-10-5-14(3)11-18(17)23-20(25)22-16-8-6-15(7-9-16)21-19(24)12-26-4/h6-9,13-14,17-18H,5,10-12H2,1-4H3,(H,21,24)(H2,22,23,25)/t14-,17+,18-/m1/s1. The molecule has 1 aromatic rings. The number of carbonyl (C=O) groups is 2. The Morgan fingerprint density at radius 1 is 1.12 bits per heavy atom. The van der Waals surface area contributed by atoms with E-state index in [2.05, 4.69) is 36.7 Å². The molecule has 0 radical (unpaired) electrons. The minimum atomic E-state index is -0.211. The van der Waals surface area contributed by atoms with Crippen LogP contribution in [0.4, 0.5) is 16.2 Å². The van der Waals surface area contributed by atoms with Crippen LogP contribution in [0.5, 0.6) is 0 Å². The Kier molecular flexibility index (Phi) is 7.45. The van der Waals surface area contributed by atoms with Gasteiger partial charge in [-0.25, -0.2) is 4.79 Å². The van der Waals surface area contributed by atoms with E-state index in [0.29, 0.717) is 29.1 Å². The molecule has 3 N–H and O–H groups in total. The number of urea groups is 1. The van der Waals surface area contributed by atoms with Crippen LogP contribution in [0.3, 0.4) is 0 Å². The molecule has 3 amide bonds. The summed E-state index contributed by atoms with van der Waals surface area (Å²) < 4.78 is 4.78. The van der Waals surface area contributed by atoms with Crippen LogP contribution in [0.15, 0.2) is 24.3 Å². The number of benzene rings is 1. The normalized spacial score (nSPS) is 22.7. The van der Waals surface area contributed by atoms with Crippen molar-refractivity contribution in [1.82, 2.24) is 5.32 Å². The maximum Gasteiger partial charge on any atom is 0.319 e. The number of amides is 3. The van der Waals surface area contributed by atoms with Crippen molar-refractivity contribution < 1.29 is 14.3 Å². The highest BCUT2D eigenvalue weighted by Gasteiger charge is 2.31. The van der Waals surface area contributed by atoms with E-state index in [4.69, 9.17) is 4.74 Å². The van der Waals surface area contributed by atoms with Crippen LogP contribution in [0.1, 0.15) is 40.0 Å². The molecule has 0 bridgehead atoms. The molecule has 26 heavy (non-hydrogen) atoms. The average Bonchev–Trinajstić information content (AvgIpc) is 2.56. The van der Waals surface area contributed by atoms with Gasteiger partial charge in [0.1, 0.15) is 6.61 Å². The zero-order valence-electron chi connectivity index (χ0n) is 16.2. The van der Waals surface area contributed by atoms with Gasteiger partial charge in [0.05, 0.1) is 0 Å². The molecular formula is C20H31N3O3. The summed E-state index contributed by atoms with van der Waals surface area (Å²) >= 11 is 0. The molecule has 6 nitrogen and oxygen atoms in total. The predicted octanol–water partition coefficient (Wildman–Crippen LogP) is 3.85. The van der Waals surface area contributed by atoms with Crippen LogP contribution in [0.2, 0.25) is 0 Å². The van der Waals surface area contributed by atoms with Crippen molar-refractivity contribution in [3.63, 3.8) is 0 Å². The van der Waals surface area contributed by atoms with Crippen molar-refractivity contribution in [2.24, 2.45) is 17.8 Å². The third-order valence-electron chi connectivity index (χ3n) is 5.04. The van der Waals surface area contributed by atoms with Gasteiger partial charge in [0.25, 0.3) is 0 Å². The highest BCUT2D eigenvalue weighted by Crippen LogP contribution is 2.33. The van der Waals surface area contributed by atoms with Crippen LogP contribution in [-0.2, 0) is 9.53 Å². The maximum atomic E-state index is 12.4. The van der Waals surface area contributed by atoms with Crippen molar-refractivity contribution in [2.75, 3.05) is 24.4 Å². The van der Waals surface area contributed by atoms with Gasteiger partial charge in [0.2, 0.25) is 5.91 Å². The smallest absolute Gasteiger partial charge is 0.319 e. The third kappa shape index (κ3) is 6.02. The fourth-order valence-corrected chi connectivity index (χ4v) is 3.67. The van der Waals surface area contributed by atoms with E-state index in [1.54, 1.807) is 24.3 Å². The highest BCUT2D eigenvalue weighted by atomic mass is 16.5. The summed E-state index contributed by atoms with van der Waals surface area (Å²) in [6.45, 7) is 6.71. The van der Waals surface area contributed by atoms with E-state index < -0.39 is 0 Å². The molecule has 0 aromatic heterocycles. The van der Waals surface area contributed by atoms with Crippen molar-refractivity contribution >= 4 is 23.3 Å². The molecule has 0 spiro atoms.